The van der Waals surface area contributed by atoms with E-state index < -0.39 is 0 Å². The van der Waals surface area contributed by atoms with Crippen molar-refractivity contribution in [1.82, 2.24) is 5.32 Å². The molecule has 0 aliphatic carbocycles. The van der Waals surface area contributed by atoms with Gasteiger partial charge >= 0.3 is 0 Å². The second kappa shape index (κ2) is 6.01. The normalized spacial score (nSPS) is 9.85. The van der Waals surface area contributed by atoms with Crippen LogP contribution in [0.15, 0.2) is 24.3 Å². The molecule has 0 saturated carbocycles. The summed E-state index contributed by atoms with van der Waals surface area (Å²) in [5.41, 5.74) is 2.78. The zero-order chi connectivity index (χ0) is 8.97. The highest BCUT2D eigenvalue weighted by Crippen LogP contribution is 2.15. The summed E-state index contributed by atoms with van der Waals surface area (Å²) < 4.78 is 0. The maximum Gasteiger partial charge on any atom is 0.0202 e. The van der Waals surface area contributed by atoms with E-state index in [2.05, 4.69) is 43.4 Å². The fourth-order valence-corrected chi connectivity index (χ4v) is 1.27. The van der Waals surface area contributed by atoms with Crippen molar-refractivity contribution in [3.05, 3.63) is 35.4 Å². The highest BCUT2D eigenvalue weighted by molar-refractivity contribution is 5.85. The van der Waals surface area contributed by atoms with Crippen LogP contribution in [0, 0.1) is 0 Å². The monoisotopic (exact) mass is 199 g/mol. The van der Waals surface area contributed by atoms with Gasteiger partial charge in [0.05, 0.1) is 0 Å². The van der Waals surface area contributed by atoms with Crippen molar-refractivity contribution in [3.8, 4) is 0 Å². The van der Waals surface area contributed by atoms with Gasteiger partial charge in [0.2, 0.25) is 0 Å². The van der Waals surface area contributed by atoms with E-state index in [9.17, 15) is 0 Å². The Labute approximate surface area is 87.0 Å². The van der Waals surface area contributed by atoms with Crippen LogP contribution in [0.25, 0.3) is 0 Å². The molecule has 0 aliphatic rings. The molecule has 0 aliphatic heterocycles. The summed E-state index contributed by atoms with van der Waals surface area (Å²) in [5.74, 6) is 0.627. The minimum Gasteiger partial charge on any atom is -0.316 e. The van der Waals surface area contributed by atoms with E-state index in [0.29, 0.717) is 5.92 Å². The Hall–Kier alpha value is -0.530. The van der Waals surface area contributed by atoms with Gasteiger partial charge < -0.3 is 5.32 Å². The standard InChI is InChI=1S/C11H17N.ClH/c1-9(2)11-6-4-5-10(7-11)8-12-3;/h4-7,9,12H,8H2,1-3H3;1H. The minimum absolute atomic E-state index is 0. The van der Waals surface area contributed by atoms with Crippen LogP contribution in [0.1, 0.15) is 30.9 Å². The van der Waals surface area contributed by atoms with Crippen molar-refractivity contribution in [3.63, 3.8) is 0 Å². The Balaban J connectivity index is 0.00000144. The summed E-state index contributed by atoms with van der Waals surface area (Å²) in [6.07, 6.45) is 0. The fraction of sp³-hybridized carbons (Fsp3) is 0.455. The molecule has 0 saturated heterocycles. The van der Waals surface area contributed by atoms with Gasteiger partial charge in [0.25, 0.3) is 0 Å². The zero-order valence-corrected chi connectivity index (χ0v) is 9.32. The Bertz CT molecular complexity index is 246. The van der Waals surface area contributed by atoms with Crippen LogP contribution in [-0.2, 0) is 6.54 Å². The summed E-state index contributed by atoms with van der Waals surface area (Å²) in [7, 11) is 1.97. The molecular weight excluding hydrogens is 182 g/mol. The fourth-order valence-electron chi connectivity index (χ4n) is 1.27. The molecule has 0 radical (unpaired) electrons. The van der Waals surface area contributed by atoms with Gasteiger partial charge in [-0.25, -0.2) is 0 Å². The van der Waals surface area contributed by atoms with Crippen molar-refractivity contribution in [2.24, 2.45) is 0 Å². The molecule has 1 aromatic carbocycles. The Kier molecular flexibility index (Phi) is 5.76. The molecule has 1 rings (SSSR count). The molecule has 0 bridgehead atoms. The topological polar surface area (TPSA) is 12.0 Å². The van der Waals surface area contributed by atoms with Crippen molar-refractivity contribution >= 4 is 12.4 Å². The predicted molar refractivity (Wildman–Crippen MR) is 60.5 cm³/mol. The third-order valence-corrected chi connectivity index (χ3v) is 2.00. The lowest BCUT2D eigenvalue weighted by atomic mass is 10.0. The maximum absolute atomic E-state index is 3.15. The van der Waals surface area contributed by atoms with Crippen LogP contribution in [0.5, 0.6) is 0 Å². The molecule has 0 aromatic heterocycles. The molecule has 0 heterocycles. The lowest BCUT2D eigenvalue weighted by Crippen LogP contribution is -2.05. The highest BCUT2D eigenvalue weighted by atomic mass is 35.5. The lowest BCUT2D eigenvalue weighted by Gasteiger charge is -2.07. The summed E-state index contributed by atoms with van der Waals surface area (Å²) >= 11 is 0. The quantitative estimate of drug-likeness (QED) is 0.790. The number of hydrogen-bond donors (Lipinski definition) is 1. The minimum atomic E-state index is 0. The second-order valence-corrected chi connectivity index (χ2v) is 3.43. The molecule has 1 aromatic rings. The first-order valence-corrected chi connectivity index (χ1v) is 4.47. The van der Waals surface area contributed by atoms with E-state index >= 15 is 0 Å². The Morgan fingerprint density at radius 1 is 1.31 bits per heavy atom. The van der Waals surface area contributed by atoms with Crippen LogP contribution in [0.3, 0.4) is 0 Å². The molecule has 2 heteroatoms. The SMILES string of the molecule is CNCc1cccc(C(C)C)c1.Cl. The molecule has 13 heavy (non-hydrogen) atoms. The largest absolute Gasteiger partial charge is 0.316 e. The van der Waals surface area contributed by atoms with Crippen molar-refractivity contribution in [1.29, 1.82) is 0 Å². The van der Waals surface area contributed by atoms with Crippen LogP contribution in [0.4, 0.5) is 0 Å². The van der Waals surface area contributed by atoms with Gasteiger partial charge in [-0.3, -0.25) is 0 Å². The maximum atomic E-state index is 3.15. The first-order chi connectivity index (χ1) is 5.74. The number of benzene rings is 1. The van der Waals surface area contributed by atoms with Gasteiger partial charge in [-0.15, -0.1) is 12.4 Å². The molecule has 0 amide bonds. The van der Waals surface area contributed by atoms with E-state index in [1.165, 1.54) is 11.1 Å². The van der Waals surface area contributed by atoms with Crippen molar-refractivity contribution in [2.45, 2.75) is 26.3 Å². The van der Waals surface area contributed by atoms with Crippen molar-refractivity contribution < 1.29 is 0 Å². The summed E-state index contributed by atoms with van der Waals surface area (Å²) in [5, 5.41) is 3.15. The summed E-state index contributed by atoms with van der Waals surface area (Å²) in [4.78, 5) is 0. The van der Waals surface area contributed by atoms with Crippen LogP contribution in [-0.4, -0.2) is 7.05 Å². The smallest absolute Gasteiger partial charge is 0.0202 e. The predicted octanol–water partition coefficient (Wildman–Crippen LogP) is 2.95. The van der Waals surface area contributed by atoms with E-state index in [-0.39, 0.29) is 12.4 Å². The molecule has 0 atom stereocenters. The molecule has 1 nitrogen and oxygen atoms in total. The second-order valence-electron chi connectivity index (χ2n) is 3.43. The first-order valence-electron chi connectivity index (χ1n) is 4.47. The number of hydrogen-bond acceptors (Lipinski definition) is 1. The molecule has 0 spiro atoms. The van der Waals surface area contributed by atoms with Gasteiger partial charge in [0.1, 0.15) is 0 Å². The molecule has 0 fully saturated rings. The van der Waals surface area contributed by atoms with Gasteiger partial charge in [-0.2, -0.15) is 0 Å². The van der Waals surface area contributed by atoms with E-state index in [1.807, 2.05) is 7.05 Å². The summed E-state index contributed by atoms with van der Waals surface area (Å²) in [6.45, 7) is 5.40. The third-order valence-electron chi connectivity index (χ3n) is 2.00. The number of rotatable bonds is 3. The van der Waals surface area contributed by atoms with Crippen molar-refractivity contribution in [2.75, 3.05) is 7.05 Å². The van der Waals surface area contributed by atoms with Crippen LogP contribution < -0.4 is 5.32 Å². The lowest BCUT2D eigenvalue weighted by molar-refractivity contribution is 0.807. The number of halogens is 1. The molecular formula is C11H18ClN. The Morgan fingerprint density at radius 2 is 2.00 bits per heavy atom. The Morgan fingerprint density at radius 3 is 2.54 bits per heavy atom. The molecule has 0 unspecified atom stereocenters. The zero-order valence-electron chi connectivity index (χ0n) is 8.50. The molecule has 1 N–H and O–H groups in total. The van der Waals surface area contributed by atoms with Gasteiger partial charge in [0, 0.05) is 6.54 Å². The van der Waals surface area contributed by atoms with Gasteiger partial charge in [-0.05, 0) is 24.1 Å². The average Bonchev–Trinajstić information content (AvgIpc) is 2.05. The van der Waals surface area contributed by atoms with E-state index in [0.717, 1.165) is 6.54 Å². The van der Waals surface area contributed by atoms with E-state index in [1.54, 1.807) is 0 Å². The molecule has 74 valence electrons. The summed E-state index contributed by atoms with van der Waals surface area (Å²) in [6, 6.07) is 8.73. The van der Waals surface area contributed by atoms with Gasteiger partial charge in [-0.1, -0.05) is 38.1 Å². The number of nitrogens with one attached hydrogen (secondary N) is 1. The van der Waals surface area contributed by atoms with Crippen LogP contribution >= 0.6 is 12.4 Å². The first kappa shape index (κ1) is 12.5. The van der Waals surface area contributed by atoms with Crippen LogP contribution in [0.2, 0.25) is 0 Å². The van der Waals surface area contributed by atoms with E-state index in [4.69, 9.17) is 0 Å². The highest BCUT2D eigenvalue weighted by Gasteiger charge is 1.98. The third kappa shape index (κ3) is 3.79. The average molecular weight is 200 g/mol. The van der Waals surface area contributed by atoms with Gasteiger partial charge in [0.15, 0.2) is 0 Å².